The van der Waals surface area contributed by atoms with Gasteiger partial charge < -0.3 is 25.6 Å². The minimum absolute atomic E-state index is 0.0859. The molecule has 12 heteroatoms. The molecule has 2 heterocycles. The second-order valence-corrected chi connectivity index (χ2v) is 8.52. The van der Waals surface area contributed by atoms with Crippen molar-refractivity contribution >= 4 is 34.3 Å². The van der Waals surface area contributed by atoms with E-state index < -0.39 is 23.6 Å². The quantitative estimate of drug-likeness (QED) is 0.292. The van der Waals surface area contributed by atoms with Crippen LogP contribution in [0.15, 0.2) is 66.9 Å². The first kappa shape index (κ1) is 25.2. The van der Waals surface area contributed by atoms with Crippen LogP contribution in [0, 0.1) is 5.82 Å². The number of benzene rings is 3. The summed E-state index contributed by atoms with van der Waals surface area (Å²) in [4.78, 5) is 23.5. The van der Waals surface area contributed by atoms with Crippen LogP contribution in [0.5, 0.6) is 11.5 Å². The molecule has 1 fully saturated rings. The SMILES string of the molecule is O=C(Nc1cccc(C(F)(F)F)c1)Nc1ccc(Oc2ccc3ncc(N4CCNCC4)nc3c2)cc1F. The van der Waals surface area contributed by atoms with E-state index in [-0.39, 0.29) is 17.1 Å². The van der Waals surface area contributed by atoms with E-state index in [9.17, 15) is 22.4 Å². The number of nitrogens with one attached hydrogen (secondary N) is 3. The van der Waals surface area contributed by atoms with Crippen LogP contribution in [-0.4, -0.2) is 42.2 Å². The number of piperazine rings is 1. The zero-order valence-electron chi connectivity index (χ0n) is 19.8. The monoisotopic (exact) mass is 526 g/mol. The van der Waals surface area contributed by atoms with E-state index in [0.29, 0.717) is 16.8 Å². The molecule has 0 bridgehead atoms. The van der Waals surface area contributed by atoms with Crippen LogP contribution < -0.4 is 25.6 Å². The van der Waals surface area contributed by atoms with Crippen molar-refractivity contribution in [3.63, 3.8) is 0 Å². The van der Waals surface area contributed by atoms with Crippen LogP contribution >= 0.6 is 0 Å². The predicted octanol–water partition coefficient (Wildman–Crippen LogP) is 5.63. The number of amides is 2. The Morgan fingerprint density at radius 2 is 1.71 bits per heavy atom. The van der Waals surface area contributed by atoms with E-state index in [0.717, 1.165) is 56.3 Å². The average molecular weight is 526 g/mol. The molecular formula is C26H22F4N6O2. The van der Waals surface area contributed by atoms with Gasteiger partial charge in [0, 0.05) is 44.0 Å². The van der Waals surface area contributed by atoms with E-state index in [1.165, 1.54) is 18.2 Å². The Labute approximate surface area is 214 Å². The average Bonchev–Trinajstić information content (AvgIpc) is 2.90. The zero-order chi connectivity index (χ0) is 26.7. The first-order chi connectivity index (χ1) is 18.2. The third-order valence-corrected chi connectivity index (χ3v) is 5.81. The molecule has 0 aliphatic carbocycles. The number of fused-ring (bicyclic) bond motifs is 1. The lowest BCUT2D eigenvalue weighted by Crippen LogP contribution is -2.43. The van der Waals surface area contributed by atoms with Crippen molar-refractivity contribution in [3.8, 4) is 11.5 Å². The molecule has 0 atom stereocenters. The summed E-state index contributed by atoms with van der Waals surface area (Å²) in [6.07, 6.45) is -2.82. The van der Waals surface area contributed by atoms with Gasteiger partial charge in [-0.15, -0.1) is 0 Å². The summed E-state index contributed by atoms with van der Waals surface area (Å²) < 4.78 is 59.1. The maximum Gasteiger partial charge on any atom is 0.416 e. The number of alkyl halides is 3. The fourth-order valence-electron chi connectivity index (χ4n) is 3.95. The zero-order valence-corrected chi connectivity index (χ0v) is 19.8. The highest BCUT2D eigenvalue weighted by atomic mass is 19.4. The number of hydrogen-bond donors (Lipinski definition) is 3. The topological polar surface area (TPSA) is 91.4 Å². The van der Waals surface area contributed by atoms with Gasteiger partial charge in [-0.05, 0) is 42.5 Å². The van der Waals surface area contributed by atoms with Crippen molar-refractivity contribution in [2.75, 3.05) is 41.7 Å². The van der Waals surface area contributed by atoms with Crippen molar-refractivity contribution in [1.29, 1.82) is 0 Å². The van der Waals surface area contributed by atoms with Crippen LogP contribution in [0.2, 0.25) is 0 Å². The Hall–Kier alpha value is -4.45. The van der Waals surface area contributed by atoms with Crippen molar-refractivity contribution < 1.29 is 27.1 Å². The fraction of sp³-hybridized carbons (Fsp3) is 0.192. The second kappa shape index (κ2) is 10.5. The molecule has 0 radical (unpaired) electrons. The van der Waals surface area contributed by atoms with Crippen molar-refractivity contribution in [3.05, 3.63) is 78.2 Å². The molecule has 2 amide bonds. The standard InChI is InChI=1S/C26H22F4N6O2/c27-20-13-18(4-6-21(20)35-25(37)33-17-3-1-2-16(12-17)26(28,29)30)38-19-5-7-22-23(14-19)34-24(15-32-22)36-10-8-31-9-11-36/h1-7,12-15,31H,8-11H2,(H2,33,35,37). The molecule has 3 aromatic carbocycles. The number of carbonyl (C=O) groups is 1. The summed E-state index contributed by atoms with van der Waals surface area (Å²) in [7, 11) is 0. The molecule has 1 aromatic heterocycles. The molecule has 5 rings (SSSR count). The van der Waals surface area contributed by atoms with Gasteiger partial charge in [-0.25, -0.2) is 14.2 Å². The molecule has 1 saturated heterocycles. The van der Waals surface area contributed by atoms with Crippen LogP contribution in [-0.2, 0) is 6.18 Å². The molecule has 8 nitrogen and oxygen atoms in total. The molecule has 0 unspecified atom stereocenters. The van der Waals surface area contributed by atoms with E-state index in [1.807, 2.05) is 0 Å². The number of aromatic nitrogens is 2. The number of rotatable bonds is 5. The lowest BCUT2D eigenvalue weighted by molar-refractivity contribution is -0.137. The summed E-state index contributed by atoms with van der Waals surface area (Å²) in [5, 5.41) is 7.83. The van der Waals surface area contributed by atoms with Gasteiger partial charge in [0.2, 0.25) is 0 Å². The summed E-state index contributed by atoms with van der Waals surface area (Å²) in [5.41, 5.74) is 0.143. The molecule has 196 valence electrons. The number of urea groups is 1. The molecule has 1 aliphatic heterocycles. The molecular weight excluding hydrogens is 504 g/mol. The van der Waals surface area contributed by atoms with Crippen LogP contribution in [0.3, 0.4) is 0 Å². The second-order valence-electron chi connectivity index (χ2n) is 8.52. The Balaban J connectivity index is 1.25. The highest BCUT2D eigenvalue weighted by molar-refractivity contribution is 5.99. The summed E-state index contributed by atoms with van der Waals surface area (Å²) >= 11 is 0. The number of carbonyl (C=O) groups excluding carboxylic acids is 1. The molecule has 1 aliphatic rings. The Kier molecular flexibility index (Phi) is 6.97. The lowest BCUT2D eigenvalue weighted by Gasteiger charge is -2.28. The van der Waals surface area contributed by atoms with E-state index in [4.69, 9.17) is 4.74 Å². The van der Waals surface area contributed by atoms with Gasteiger partial charge in [-0.2, -0.15) is 13.2 Å². The van der Waals surface area contributed by atoms with Crippen molar-refractivity contribution in [2.45, 2.75) is 6.18 Å². The van der Waals surface area contributed by atoms with Crippen molar-refractivity contribution in [2.24, 2.45) is 0 Å². The third kappa shape index (κ3) is 5.92. The van der Waals surface area contributed by atoms with Gasteiger partial charge >= 0.3 is 12.2 Å². The maximum atomic E-state index is 14.7. The number of hydrogen-bond acceptors (Lipinski definition) is 6. The smallest absolute Gasteiger partial charge is 0.416 e. The maximum absolute atomic E-state index is 14.7. The first-order valence-electron chi connectivity index (χ1n) is 11.7. The van der Waals surface area contributed by atoms with Crippen LogP contribution in [0.4, 0.5) is 39.5 Å². The van der Waals surface area contributed by atoms with Gasteiger partial charge in [-0.3, -0.25) is 4.98 Å². The van der Waals surface area contributed by atoms with Crippen LogP contribution in [0.1, 0.15) is 5.56 Å². The number of halogens is 4. The van der Waals surface area contributed by atoms with Gasteiger partial charge in [-0.1, -0.05) is 6.07 Å². The normalized spacial score (nSPS) is 13.8. The van der Waals surface area contributed by atoms with Gasteiger partial charge in [0.05, 0.1) is 28.5 Å². The molecule has 0 saturated carbocycles. The first-order valence-corrected chi connectivity index (χ1v) is 11.7. The molecule has 3 N–H and O–H groups in total. The highest BCUT2D eigenvalue weighted by Gasteiger charge is 2.30. The summed E-state index contributed by atoms with van der Waals surface area (Å²) in [6, 6.07) is 12.2. The van der Waals surface area contributed by atoms with E-state index in [2.05, 4.69) is 30.8 Å². The number of ether oxygens (including phenoxy) is 1. The fourth-order valence-corrected chi connectivity index (χ4v) is 3.95. The summed E-state index contributed by atoms with van der Waals surface area (Å²) in [5.74, 6) is 0.577. The van der Waals surface area contributed by atoms with E-state index in [1.54, 1.807) is 24.4 Å². The largest absolute Gasteiger partial charge is 0.457 e. The number of nitrogens with zero attached hydrogens (tertiary/aromatic N) is 3. The lowest BCUT2D eigenvalue weighted by atomic mass is 10.2. The molecule has 38 heavy (non-hydrogen) atoms. The Morgan fingerprint density at radius 1 is 0.947 bits per heavy atom. The highest BCUT2D eigenvalue weighted by Crippen LogP contribution is 2.31. The third-order valence-electron chi connectivity index (χ3n) is 5.81. The number of anilines is 3. The minimum atomic E-state index is -4.55. The molecule has 0 spiro atoms. The Bertz CT molecular complexity index is 1470. The van der Waals surface area contributed by atoms with Gasteiger partial charge in [0.1, 0.15) is 23.1 Å². The van der Waals surface area contributed by atoms with E-state index >= 15 is 0 Å². The van der Waals surface area contributed by atoms with Gasteiger partial charge in [0.25, 0.3) is 0 Å². The van der Waals surface area contributed by atoms with Gasteiger partial charge in [0.15, 0.2) is 0 Å². The Morgan fingerprint density at radius 3 is 2.47 bits per heavy atom. The predicted molar refractivity (Wildman–Crippen MR) is 135 cm³/mol. The van der Waals surface area contributed by atoms with Crippen molar-refractivity contribution in [1.82, 2.24) is 15.3 Å². The minimum Gasteiger partial charge on any atom is -0.457 e. The van der Waals surface area contributed by atoms with Crippen LogP contribution in [0.25, 0.3) is 11.0 Å². The molecule has 4 aromatic rings. The summed E-state index contributed by atoms with van der Waals surface area (Å²) in [6.45, 7) is 3.39.